The standard InChI is InChI=1S/C29H31N3O3S/c1-35-18-9-17-31(29(34)30-27-16-7-13-24-12-5-6-15-26(24)27)22-28(33)32(21-25-14-8-19-36-25)20-23-10-3-2-4-11-23/h2-8,10-16,19H,9,17-18,20-22H2,1H3,(H,30,34). The van der Waals surface area contributed by atoms with Gasteiger partial charge >= 0.3 is 6.03 Å². The van der Waals surface area contributed by atoms with Gasteiger partial charge in [-0.3, -0.25) is 4.79 Å². The van der Waals surface area contributed by atoms with Crippen molar-refractivity contribution in [3.63, 3.8) is 0 Å². The number of anilines is 1. The smallest absolute Gasteiger partial charge is 0.322 e. The van der Waals surface area contributed by atoms with Crippen LogP contribution in [0.1, 0.15) is 16.9 Å². The molecular weight excluding hydrogens is 470 g/mol. The zero-order valence-corrected chi connectivity index (χ0v) is 21.2. The van der Waals surface area contributed by atoms with Crippen LogP contribution in [0.4, 0.5) is 10.5 Å². The first kappa shape index (κ1) is 25.4. The van der Waals surface area contributed by atoms with E-state index in [9.17, 15) is 9.59 Å². The summed E-state index contributed by atoms with van der Waals surface area (Å²) in [5.41, 5.74) is 1.77. The number of nitrogens with zero attached hydrogens (tertiary/aromatic N) is 2. The highest BCUT2D eigenvalue weighted by molar-refractivity contribution is 7.09. The van der Waals surface area contributed by atoms with Gasteiger partial charge in [-0.05, 0) is 34.9 Å². The van der Waals surface area contributed by atoms with Crippen LogP contribution in [0.3, 0.4) is 0 Å². The van der Waals surface area contributed by atoms with Crippen molar-refractivity contribution in [2.24, 2.45) is 0 Å². The third-order valence-electron chi connectivity index (χ3n) is 5.92. The Morgan fingerprint density at radius 3 is 2.42 bits per heavy atom. The quantitative estimate of drug-likeness (QED) is 0.256. The fraction of sp³-hybridized carbons (Fsp3) is 0.241. The molecule has 1 aromatic heterocycles. The lowest BCUT2D eigenvalue weighted by atomic mass is 10.1. The van der Waals surface area contributed by atoms with Gasteiger partial charge in [-0.1, -0.05) is 72.8 Å². The van der Waals surface area contributed by atoms with Gasteiger partial charge in [0.05, 0.1) is 12.2 Å². The Bertz CT molecular complexity index is 1260. The second kappa shape index (κ2) is 12.9. The van der Waals surface area contributed by atoms with Crippen LogP contribution in [0.25, 0.3) is 10.8 Å². The normalized spacial score (nSPS) is 10.8. The first-order chi connectivity index (χ1) is 17.6. The summed E-state index contributed by atoms with van der Waals surface area (Å²) in [7, 11) is 1.63. The Balaban J connectivity index is 1.52. The predicted octanol–water partition coefficient (Wildman–Crippen LogP) is 6.00. The Labute approximate surface area is 216 Å². The number of urea groups is 1. The largest absolute Gasteiger partial charge is 0.385 e. The number of carbonyl (C=O) groups excluding carboxylic acids is 2. The lowest BCUT2D eigenvalue weighted by Gasteiger charge is -2.28. The van der Waals surface area contributed by atoms with Crippen LogP contribution < -0.4 is 5.32 Å². The van der Waals surface area contributed by atoms with Crippen LogP contribution in [0.5, 0.6) is 0 Å². The molecule has 0 aliphatic heterocycles. The molecule has 0 atom stereocenters. The summed E-state index contributed by atoms with van der Waals surface area (Å²) in [5.74, 6) is -0.0993. The third kappa shape index (κ3) is 6.93. The van der Waals surface area contributed by atoms with Crippen LogP contribution in [0.2, 0.25) is 0 Å². The van der Waals surface area contributed by atoms with Crippen molar-refractivity contribution >= 4 is 39.7 Å². The van der Waals surface area contributed by atoms with E-state index in [1.165, 1.54) is 0 Å². The summed E-state index contributed by atoms with van der Waals surface area (Å²) in [6.07, 6.45) is 0.635. The maximum absolute atomic E-state index is 13.6. The van der Waals surface area contributed by atoms with E-state index < -0.39 is 0 Å². The van der Waals surface area contributed by atoms with Gasteiger partial charge in [0, 0.05) is 37.1 Å². The molecular formula is C29H31N3O3S. The maximum Gasteiger partial charge on any atom is 0.322 e. The highest BCUT2D eigenvalue weighted by Gasteiger charge is 2.22. The number of carbonyl (C=O) groups is 2. The second-order valence-electron chi connectivity index (χ2n) is 8.54. The minimum atomic E-state index is -0.299. The van der Waals surface area contributed by atoms with E-state index in [1.807, 2.05) is 95.2 Å². The van der Waals surface area contributed by atoms with Gasteiger partial charge in [0.1, 0.15) is 6.54 Å². The van der Waals surface area contributed by atoms with E-state index in [-0.39, 0.29) is 18.5 Å². The fourth-order valence-electron chi connectivity index (χ4n) is 4.07. The van der Waals surface area contributed by atoms with Gasteiger partial charge in [-0.25, -0.2) is 4.79 Å². The highest BCUT2D eigenvalue weighted by Crippen LogP contribution is 2.23. The summed E-state index contributed by atoms with van der Waals surface area (Å²) in [6.45, 7) is 1.89. The van der Waals surface area contributed by atoms with Crippen molar-refractivity contribution < 1.29 is 14.3 Å². The minimum absolute atomic E-state index is 0.0154. The van der Waals surface area contributed by atoms with Gasteiger partial charge in [-0.15, -0.1) is 11.3 Å². The number of methoxy groups -OCH3 is 1. The Morgan fingerprint density at radius 1 is 0.861 bits per heavy atom. The molecule has 3 aromatic carbocycles. The number of fused-ring (bicyclic) bond motifs is 1. The molecule has 1 heterocycles. The number of hydrogen-bond donors (Lipinski definition) is 1. The maximum atomic E-state index is 13.6. The van der Waals surface area contributed by atoms with E-state index in [0.717, 1.165) is 26.9 Å². The lowest BCUT2D eigenvalue weighted by Crippen LogP contribution is -2.44. The summed E-state index contributed by atoms with van der Waals surface area (Å²) < 4.78 is 5.20. The molecule has 4 aromatic rings. The number of rotatable bonds is 11. The molecule has 0 radical (unpaired) electrons. The monoisotopic (exact) mass is 501 g/mol. The van der Waals surface area contributed by atoms with Crippen LogP contribution >= 0.6 is 11.3 Å². The van der Waals surface area contributed by atoms with Gasteiger partial charge in [0.25, 0.3) is 0 Å². The van der Waals surface area contributed by atoms with E-state index in [2.05, 4.69) is 5.32 Å². The van der Waals surface area contributed by atoms with E-state index in [4.69, 9.17) is 4.74 Å². The van der Waals surface area contributed by atoms with E-state index >= 15 is 0 Å². The topological polar surface area (TPSA) is 61.9 Å². The summed E-state index contributed by atoms with van der Waals surface area (Å²) >= 11 is 1.62. The number of ether oxygens (including phenoxy) is 1. The average molecular weight is 502 g/mol. The number of benzene rings is 3. The minimum Gasteiger partial charge on any atom is -0.385 e. The highest BCUT2D eigenvalue weighted by atomic mass is 32.1. The SMILES string of the molecule is COCCCN(CC(=O)N(Cc1ccccc1)Cc1cccs1)C(=O)Nc1cccc2ccccc12. The van der Waals surface area contributed by atoms with Crippen LogP contribution in [0, 0.1) is 0 Å². The molecule has 7 heteroatoms. The molecule has 4 rings (SSSR count). The van der Waals surface area contributed by atoms with Gasteiger partial charge < -0.3 is 19.9 Å². The molecule has 0 bridgehead atoms. The Hall–Kier alpha value is -3.68. The van der Waals surface area contributed by atoms with E-state index in [0.29, 0.717) is 32.7 Å². The van der Waals surface area contributed by atoms with Crippen molar-refractivity contribution in [2.75, 3.05) is 32.1 Å². The zero-order valence-electron chi connectivity index (χ0n) is 20.4. The van der Waals surface area contributed by atoms with Crippen molar-refractivity contribution in [1.82, 2.24) is 9.80 Å². The van der Waals surface area contributed by atoms with Crippen LogP contribution in [0.15, 0.2) is 90.3 Å². The average Bonchev–Trinajstić information content (AvgIpc) is 3.42. The van der Waals surface area contributed by atoms with E-state index in [1.54, 1.807) is 23.3 Å². The summed E-state index contributed by atoms with van der Waals surface area (Å²) in [5, 5.41) is 7.04. The van der Waals surface area contributed by atoms with Crippen LogP contribution in [-0.2, 0) is 22.6 Å². The molecule has 186 valence electrons. The molecule has 0 fully saturated rings. The summed E-state index contributed by atoms with van der Waals surface area (Å²) in [4.78, 5) is 31.4. The zero-order chi connectivity index (χ0) is 25.2. The molecule has 1 N–H and O–H groups in total. The number of thiophene rings is 1. The molecule has 3 amide bonds. The predicted molar refractivity (Wildman–Crippen MR) is 146 cm³/mol. The van der Waals surface area contributed by atoms with Crippen molar-refractivity contribution in [1.29, 1.82) is 0 Å². The molecule has 36 heavy (non-hydrogen) atoms. The molecule has 0 aliphatic carbocycles. The molecule has 0 unspecified atom stereocenters. The number of nitrogens with one attached hydrogen (secondary N) is 1. The molecule has 0 saturated carbocycles. The first-order valence-corrected chi connectivity index (χ1v) is 12.9. The molecule has 0 aliphatic rings. The Kier molecular flexibility index (Phi) is 9.08. The Morgan fingerprint density at radius 2 is 1.64 bits per heavy atom. The molecule has 0 saturated heterocycles. The van der Waals surface area contributed by atoms with Crippen molar-refractivity contribution in [3.05, 3.63) is 101 Å². The van der Waals surface area contributed by atoms with Crippen molar-refractivity contribution in [2.45, 2.75) is 19.5 Å². The first-order valence-electron chi connectivity index (χ1n) is 12.0. The van der Waals surface area contributed by atoms with Gasteiger partial charge in [0.15, 0.2) is 0 Å². The fourth-order valence-corrected chi connectivity index (χ4v) is 4.79. The summed E-state index contributed by atoms with van der Waals surface area (Å²) in [6, 6.07) is 27.4. The third-order valence-corrected chi connectivity index (χ3v) is 6.78. The number of amides is 3. The number of hydrogen-bond acceptors (Lipinski definition) is 4. The second-order valence-corrected chi connectivity index (χ2v) is 9.57. The molecule has 6 nitrogen and oxygen atoms in total. The van der Waals surface area contributed by atoms with Crippen LogP contribution in [-0.4, -0.2) is 48.5 Å². The molecule has 0 spiro atoms. The lowest BCUT2D eigenvalue weighted by molar-refractivity contribution is -0.133. The van der Waals surface area contributed by atoms with Gasteiger partial charge in [0.2, 0.25) is 5.91 Å². The van der Waals surface area contributed by atoms with Gasteiger partial charge in [-0.2, -0.15) is 0 Å². The van der Waals surface area contributed by atoms with Crippen molar-refractivity contribution in [3.8, 4) is 0 Å².